The van der Waals surface area contributed by atoms with Crippen molar-refractivity contribution in [1.29, 1.82) is 0 Å². The monoisotopic (exact) mass is 373 g/mol. The fraction of sp³-hybridized carbons (Fsp3) is 0.529. The Morgan fingerprint density at radius 3 is 2.68 bits per heavy atom. The highest BCUT2D eigenvalue weighted by molar-refractivity contribution is 7.99. The van der Waals surface area contributed by atoms with E-state index < -0.39 is 29.5 Å². The zero-order valence-corrected chi connectivity index (χ0v) is 14.1. The van der Waals surface area contributed by atoms with Crippen molar-refractivity contribution in [2.45, 2.75) is 31.0 Å². The van der Waals surface area contributed by atoms with E-state index in [1.807, 2.05) is 0 Å². The molecule has 3 atom stereocenters. The van der Waals surface area contributed by atoms with Gasteiger partial charge in [-0.15, -0.1) is 0 Å². The van der Waals surface area contributed by atoms with Crippen molar-refractivity contribution in [3.63, 3.8) is 0 Å². The number of benzene rings is 1. The van der Waals surface area contributed by atoms with Gasteiger partial charge < -0.3 is 10.0 Å². The molecule has 25 heavy (non-hydrogen) atoms. The van der Waals surface area contributed by atoms with E-state index in [2.05, 4.69) is 0 Å². The number of carboxylic acids is 1. The lowest BCUT2D eigenvalue weighted by molar-refractivity contribution is -0.141. The molecule has 1 saturated carbocycles. The molecule has 1 N–H and O–H groups in total. The van der Waals surface area contributed by atoms with E-state index in [1.54, 1.807) is 22.7 Å². The zero-order valence-electron chi connectivity index (χ0n) is 13.3. The van der Waals surface area contributed by atoms with Crippen LogP contribution in [0.2, 0.25) is 0 Å². The summed E-state index contributed by atoms with van der Waals surface area (Å²) in [6.45, 7) is 0.450. The fourth-order valence-corrected chi connectivity index (χ4v) is 4.48. The summed E-state index contributed by atoms with van der Waals surface area (Å²) < 4.78 is 39.5. The summed E-state index contributed by atoms with van der Waals surface area (Å²) in [6.07, 6.45) is -4.19. The number of alkyl halides is 3. The van der Waals surface area contributed by atoms with Crippen LogP contribution in [-0.4, -0.2) is 46.0 Å². The van der Waals surface area contributed by atoms with E-state index in [0.717, 1.165) is 11.8 Å². The Hall–Kier alpha value is -1.70. The highest BCUT2D eigenvalue weighted by atomic mass is 32.2. The molecule has 1 aromatic rings. The van der Waals surface area contributed by atoms with Crippen LogP contribution in [0.25, 0.3) is 0 Å². The first-order valence-electron chi connectivity index (χ1n) is 8.05. The number of halogens is 3. The molecule has 2 aliphatic rings. The van der Waals surface area contributed by atoms with Crippen LogP contribution in [0.1, 0.15) is 29.9 Å². The van der Waals surface area contributed by atoms with E-state index in [0.29, 0.717) is 18.7 Å². The molecule has 1 aliphatic heterocycles. The quantitative estimate of drug-likeness (QED) is 0.880. The number of carboxylic acid groups (broad SMARTS) is 1. The number of amides is 1. The summed E-state index contributed by atoms with van der Waals surface area (Å²) in [4.78, 5) is 25.3. The number of rotatable bonds is 4. The lowest BCUT2D eigenvalue weighted by Gasteiger charge is -2.35. The first-order valence-corrected chi connectivity index (χ1v) is 9.20. The molecule has 0 aromatic heterocycles. The molecule has 2 fully saturated rings. The van der Waals surface area contributed by atoms with Crippen molar-refractivity contribution in [3.8, 4) is 0 Å². The summed E-state index contributed by atoms with van der Waals surface area (Å²) >= 11 is 1.60. The molecule has 3 unspecified atom stereocenters. The molecular formula is C17H18F3NO3S. The van der Waals surface area contributed by atoms with Gasteiger partial charge >= 0.3 is 12.1 Å². The molecule has 3 rings (SSSR count). The van der Waals surface area contributed by atoms with Gasteiger partial charge in [-0.25, -0.2) is 0 Å². The molecule has 1 aromatic carbocycles. The Morgan fingerprint density at radius 1 is 1.28 bits per heavy atom. The first-order chi connectivity index (χ1) is 11.8. The van der Waals surface area contributed by atoms with Crippen LogP contribution >= 0.6 is 11.8 Å². The van der Waals surface area contributed by atoms with Crippen LogP contribution in [0.4, 0.5) is 13.2 Å². The molecule has 4 nitrogen and oxygen atoms in total. The van der Waals surface area contributed by atoms with Gasteiger partial charge in [0.25, 0.3) is 0 Å². The normalized spacial score (nSPS) is 26.4. The maximum absolute atomic E-state index is 13.2. The Balaban J connectivity index is 1.75. The van der Waals surface area contributed by atoms with Crippen molar-refractivity contribution in [2.24, 2.45) is 5.92 Å². The average molecular weight is 373 g/mol. The van der Waals surface area contributed by atoms with Crippen molar-refractivity contribution in [1.82, 2.24) is 4.90 Å². The van der Waals surface area contributed by atoms with Crippen molar-refractivity contribution in [3.05, 3.63) is 35.4 Å². The van der Waals surface area contributed by atoms with Crippen molar-refractivity contribution >= 4 is 23.6 Å². The zero-order chi connectivity index (χ0) is 18.2. The van der Waals surface area contributed by atoms with Gasteiger partial charge in [0, 0.05) is 24.0 Å². The fourth-order valence-electron chi connectivity index (χ4n) is 3.42. The van der Waals surface area contributed by atoms with E-state index >= 15 is 0 Å². The molecule has 136 valence electrons. The highest BCUT2D eigenvalue weighted by Gasteiger charge is 2.50. The molecule has 1 aliphatic carbocycles. The topological polar surface area (TPSA) is 57.6 Å². The van der Waals surface area contributed by atoms with Crippen LogP contribution in [0.3, 0.4) is 0 Å². The molecule has 0 bridgehead atoms. The molecule has 0 spiro atoms. The number of carbonyl (C=O) groups is 2. The maximum Gasteiger partial charge on any atom is 0.416 e. The van der Waals surface area contributed by atoms with Gasteiger partial charge in [-0.05, 0) is 24.0 Å². The van der Waals surface area contributed by atoms with Crippen LogP contribution in [0, 0.1) is 5.92 Å². The third kappa shape index (κ3) is 3.94. The molecule has 1 saturated heterocycles. The summed E-state index contributed by atoms with van der Waals surface area (Å²) in [5.41, 5.74) is -0.527. The van der Waals surface area contributed by atoms with Crippen LogP contribution in [0.5, 0.6) is 0 Å². The number of carbonyl (C=O) groups excluding carboxylic acids is 1. The standard InChI is InChI=1S/C17H18F3NO3S/c18-17(19,20)14-4-2-1-3-11(14)12-8-13(12)16(24)21-5-6-25-9-10(21)7-15(22)23/h1-4,10,12-13H,5-9H2,(H,22,23). The van der Waals surface area contributed by atoms with E-state index in [9.17, 15) is 22.8 Å². The smallest absolute Gasteiger partial charge is 0.416 e. The second kappa shape index (κ2) is 6.90. The number of thioether (sulfide) groups is 1. The predicted octanol–water partition coefficient (Wildman–Crippen LogP) is 3.23. The second-order valence-electron chi connectivity index (χ2n) is 6.39. The Bertz CT molecular complexity index is 679. The summed E-state index contributed by atoms with van der Waals surface area (Å²) in [5, 5.41) is 9.00. The minimum absolute atomic E-state index is 0.130. The Morgan fingerprint density at radius 2 is 2.00 bits per heavy atom. The van der Waals surface area contributed by atoms with Crippen LogP contribution in [-0.2, 0) is 15.8 Å². The lowest BCUT2D eigenvalue weighted by atomic mass is 10.0. The van der Waals surface area contributed by atoms with Gasteiger partial charge in [-0.2, -0.15) is 24.9 Å². The number of aliphatic carboxylic acids is 1. The molecule has 8 heteroatoms. The summed E-state index contributed by atoms with van der Waals surface area (Å²) in [6, 6.07) is 4.98. The van der Waals surface area contributed by atoms with Gasteiger partial charge in [0.1, 0.15) is 0 Å². The highest BCUT2D eigenvalue weighted by Crippen LogP contribution is 2.52. The Kier molecular flexibility index (Phi) is 4.99. The summed E-state index contributed by atoms with van der Waals surface area (Å²) in [5.74, 6) is -0.839. The Labute approximate surface area is 147 Å². The number of hydrogen-bond acceptors (Lipinski definition) is 3. The van der Waals surface area contributed by atoms with Crippen molar-refractivity contribution < 1.29 is 27.9 Å². The SMILES string of the molecule is O=C(O)CC1CSCCN1C(=O)C1CC1c1ccccc1C(F)(F)F. The first kappa shape index (κ1) is 18.1. The number of nitrogens with zero attached hydrogens (tertiary/aromatic N) is 1. The average Bonchev–Trinajstić information content (AvgIpc) is 3.34. The van der Waals surface area contributed by atoms with Gasteiger partial charge in [-0.3, -0.25) is 9.59 Å². The second-order valence-corrected chi connectivity index (χ2v) is 7.54. The van der Waals surface area contributed by atoms with Gasteiger partial charge in [0.05, 0.1) is 18.0 Å². The molecule has 0 radical (unpaired) electrons. The minimum Gasteiger partial charge on any atom is -0.481 e. The van der Waals surface area contributed by atoms with Crippen LogP contribution in [0.15, 0.2) is 24.3 Å². The van der Waals surface area contributed by atoms with E-state index in [4.69, 9.17) is 5.11 Å². The van der Waals surface area contributed by atoms with Crippen molar-refractivity contribution in [2.75, 3.05) is 18.1 Å². The van der Waals surface area contributed by atoms with Gasteiger partial charge in [0.15, 0.2) is 0 Å². The van der Waals surface area contributed by atoms with Crippen LogP contribution < -0.4 is 0 Å². The summed E-state index contributed by atoms with van der Waals surface area (Å²) in [7, 11) is 0. The molecule has 1 heterocycles. The number of hydrogen-bond donors (Lipinski definition) is 1. The third-order valence-corrected chi connectivity index (χ3v) is 5.79. The van der Waals surface area contributed by atoms with E-state index in [-0.39, 0.29) is 23.9 Å². The van der Waals surface area contributed by atoms with Gasteiger partial charge in [-0.1, -0.05) is 18.2 Å². The molecule has 1 amide bonds. The molecular weight excluding hydrogens is 355 g/mol. The predicted molar refractivity (Wildman–Crippen MR) is 87.4 cm³/mol. The lowest BCUT2D eigenvalue weighted by Crippen LogP contribution is -2.47. The third-order valence-electron chi connectivity index (χ3n) is 4.69. The van der Waals surface area contributed by atoms with E-state index in [1.165, 1.54) is 12.1 Å². The largest absolute Gasteiger partial charge is 0.481 e. The maximum atomic E-state index is 13.2. The minimum atomic E-state index is -4.44. The van der Waals surface area contributed by atoms with Gasteiger partial charge in [0.2, 0.25) is 5.91 Å².